The summed E-state index contributed by atoms with van der Waals surface area (Å²) in [4.78, 5) is 0. The van der Waals surface area contributed by atoms with Gasteiger partial charge in [0.2, 0.25) is 5.82 Å². The molecule has 3 aromatic rings. The Kier molecular flexibility index (Phi) is 8.85. The summed E-state index contributed by atoms with van der Waals surface area (Å²) in [6.07, 6.45) is 5.99. The first kappa shape index (κ1) is 27.8. The van der Waals surface area contributed by atoms with Gasteiger partial charge in [-0.2, -0.15) is 4.39 Å². The molecule has 0 heterocycles. The average molecular weight is 533 g/mol. The van der Waals surface area contributed by atoms with Gasteiger partial charge >= 0.3 is 0 Å². The zero-order valence-corrected chi connectivity index (χ0v) is 21.4. The third-order valence-corrected chi connectivity index (χ3v) is 7.33. The van der Waals surface area contributed by atoms with Crippen LogP contribution in [0, 0.1) is 41.8 Å². The topological polar surface area (TPSA) is 9.23 Å². The van der Waals surface area contributed by atoms with E-state index in [4.69, 9.17) is 4.74 Å². The van der Waals surface area contributed by atoms with E-state index in [9.17, 15) is 22.0 Å². The Bertz CT molecular complexity index is 1320. The Labute approximate surface area is 219 Å². The Morgan fingerprint density at radius 2 is 1.16 bits per heavy atom. The van der Waals surface area contributed by atoms with Crippen molar-refractivity contribution in [2.45, 2.75) is 64.2 Å². The van der Waals surface area contributed by atoms with E-state index in [2.05, 4.69) is 0 Å². The Hall–Kier alpha value is -3.22. The molecule has 1 saturated carbocycles. The molecule has 0 N–H and O–H groups in total. The van der Waals surface area contributed by atoms with Crippen molar-refractivity contribution in [1.29, 1.82) is 0 Å². The third-order valence-electron chi connectivity index (χ3n) is 7.33. The summed E-state index contributed by atoms with van der Waals surface area (Å²) in [7, 11) is 0. The highest BCUT2D eigenvalue weighted by atomic mass is 19.2. The van der Waals surface area contributed by atoms with Crippen LogP contribution in [0.2, 0.25) is 0 Å². The molecule has 0 spiro atoms. The van der Waals surface area contributed by atoms with Crippen molar-refractivity contribution in [2.75, 3.05) is 6.61 Å². The number of halogens is 6. The standard InChI is InChI=1S/C31H30F6O/c1-3-4-17-38-25-16-13-22(28(34)31(25)37)11-10-21-12-15-24(30(36)27(21)33)20-8-6-19(7-9-20)23-14-5-18(2)26(32)29(23)35/h5,10-16,19-20H,3-4,6-9,17H2,1-2H3/b11-10+. The van der Waals surface area contributed by atoms with Gasteiger partial charge in [0.05, 0.1) is 6.61 Å². The second kappa shape index (κ2) is 12.1. The van der Waals surface area contributed by atoms with Crippen LogP contribution in [0.3, 0.4) is 0 Å². The minimum absolute atomic E-state index is 0.0970. The lowest BCUT2D eigenvalue weighted by atomic mass is 9.75. The van der Waals surface area contributed by atoms with Crippen molar-refractivity contribution >= 4 is 12.2 Å². The molecule has 38 heavy (non-hydrogen) atoms. The number of benzene rings is 3. The van der Waals surface area contributed by atoms with Crippen LogP contribution in [0.1, 0.15) is 85.1 Å². The molecule has 0 saturated heterocycles. The fraction of sp³-hybridized carbons (Fsp3) is 0.355. The summed E-state index contributed by atoms with van der Waals surface area (Å²) in [6.45, 7) is 3.72. The van der Waals surface area contributed by atoms with E-state index in [1.54, 1.807) is 12.1 Å². The van der Waals surface area contributed by atoms with Crippen LogP contribution >= 0.6 is 0 Å². The number of ether oxygens (including phenoxy) is 1. The largest absolute Gasteiger partial charge is 0.490 e. The zero-order valence-electron chi connectivity index (χ0n) is 21.4. The van der Waals surface area contributed by atoms with E-state index in [-0.39, 0.29) is 46.4 Å². The van der Waals surface area contributed by atoms with E-state index in [0.717, 1.165) is 6.42 Å². The van der Waals surface area contributed by atoms with Crippen LogP contribution in [-0.4, -0.2) is 6.61 Å². The number of hydrogen-bond acceptors (Lipinski definition) is 1. The van der Waals surface area contributed by atoms with Crippen LogP contribution in [0.15, 0.2) is 36.4 Å². The molecule has 0 bridgehead atoms. The lowest BCUT2D eigenvalue weighted by Gasteiger charge is -2.29. The SMILES string of the molecule is CCCCOc1ccc(/C=C/c2ccc(C3CCC(c4ccc(C)c(F)c4F)CC3)c(F)c2F)c(F)c1F. The van der Waals surface area contributed by atoms with Crippen LogP contribution in [0.5, 0.6) is 5.75 Å². The zero-order chi connectivity index (χ0) is 27.4. The van der Waals surface area contributed by atoms with Crippen molar-refractivity contribution < 1.29 is 31.1 Å². The molecule has 1 aliphatic carbocycles. The van der Waals surface area contributed by atoms with Gasteiger partial charge in [0.1, 0.15) is 0 Å². The average Bonchev–Trinajstić information content (AvgIpc) is 2.92. The molecular weight excluding hydrogens is 502 g/mol. The van der Waals surface area contributed by atoms with Gasteiger partial charge in [-0.25, -0.2) is 22.0 Å². The first-order valence-corrected chi connectivity index (χ1v) is 12.9. The van der Waals surface area contributed by atoms with Gasteiger partial charge in [0.25, 0.3) is 0 Å². The number of aryl methyl sites for hydroxylation is 1. The molecule has 7 heteroatoms. The van der Waals surface area contributed by atoms with E-state index < -0.39 is 34.9 Å². The van der Waals surface area contributed by atoms with Crippen molar-refractivity contribution in [1.82, 2.24) is 0 Å². The molecule has 4 rings (SSSR count). The smallest absolute Gasteiger partial charge is 0.201 e. The van der Waals surface area contributed by atoms with Crippen LogP contribution in [-0.2, 0) is 0 Å². The van der Waals surface area contributed by atoms with Crippen molar-refractivity contribution in [3.8, 4) is 5.75 Å². The molecule has 0 unspecified atom stereocenters. The van der Waals surface area contributed by atoms with Crippen molar-refractivity contribution in [3.63, 3.8) is 0 Å². The van der Waals surface area contributed by atoms with Gasteiger partial charge in [-0.1, -0.05) is 49.8 Å². The Morgan fingerprint density at radius 3 is 1.74 bits per heavy atom. The van der Waals surface area contributed by atoms with E-state index >= 15 is 4.39 Å². The number of hydrogen-bond donors (Lipinski definition) is 0. The minimum atomic E-state index is -1.13. The molecule has 0 aliphatic heterocycles. The number of rotatable bonds is 8. The monoisotopic (exact) mass is 532 g/mol. The Morgan fingerprint density at radius 1 is 0.658 bits per heavy atom. The van der Waals surface area contributed by atoms with Gasteiger partial charge in [-0.15, -0.1) is 0 Å². The molecule has 0 atom stereocenters. The highest BCUT2D eigenvalue weighted by molar-refractivity contribution is 5.70. The molecule has 202 valence electrons. The van der Waals surface area contributed by atoms with Gasteiger partial charge in [0.15, 0.2) is 34.8 Å². The van der Waals surface area contributed by atoms with Crippen LogP contribution in [0.4, 0.5) is 26.3 Å². The molecule has 1 aliphatic rings. The van der Waals surface area contributed by atoms with E-state index in [1.165, 1.54) is 43.3 Å². The maximum absolute atomic E-state index is 15.0. The lowest BCUT2D eigenvalue weighted by Crippen LogP contribution is -2.15. The van der Waals surface area contributed by atoms with Crippen molar-refractivity contribution in [3.05, 3.63) is 99.1 Å². The molecule has 3 aromatic carbocycles. The van der Waals surface area contributed by atoms with Gasteiger partial charge in [0, 0.05) is 11.1 Å². The molecule has 1 nitrogen and oxygen atoms in total. The molecule has 0 aromatic heterocycles. The van der Waals surface area contributed by atoms with Gasteiger partial charge < -0.3 is 4.74 Å². The quantitative estimate of drug-likeness (QED) is 0.159. The van der Waals surface area contributed by atoms with Crippen molar-refractivity contribution in [2.24, 2.45) is 0 Å². The second-order valence-corrected chi connectivity index (χ2v) is 9.84. The second-order valence-electron chi connectivity index (χ2n) is 9.84. The summed E-state index contributed by atoms with van der Waals surface area (Å²) in [5.74, 6) is -6.65. The van der Waals surface area contributed by atoms with Crippen LogP contribution < -0.4 is 4.74 Å². The summed E-state index contributed by atoms with van der Waals surface area (Å²) in [5.41, 5.74) is 0.572. The maximum Gasteiger partial charge on any atom is 0.201 e. The lowest BCUT2D eigenvalue weighted by molar-refractivity contribution is 0.288. The summed E-state index contributed by atoms with van der Waals surface area (Å²) >= 11 is 0. The normalized spacial score (nSPS) is 17.8. The fourth-order valence-electron chi connectivity index (χ4n) is 5.01. The molecular formula is C31H30F6O. The highest BCUT2D eigenvalue weighted by Crippen LogP contribution is 2.42. The van der Waals surface area contributed by atoms with Crippen LogP contribution in [0.25, 0.3) is 12.2 Å². The summed E-state index contributed by atoms with van der Waals surface area (Å²) < 4.78 is 92.4. The Balaban J connectivity index is 1.46. The first-order chi connectivity index (χ1) is 18.2. The summed E-state index contributed by atoms with van der Waals surface area (Å²) in [6, 6.07) is 8.68. The predicted octanol–water partition coefficient (Wildman–Crippen LogP) is 9.62. The predicted molar refractivity (Wildman–Crippen MR) is 137 cm³/mol. The fourth-order valence-corrected chi connectivity index (χ4v) is 5.01. The third kappa shape index (κ3) is 5.77. The van der Waals surface area contributed by atoms with Gasteiger partial charge in [-0.3, -0.25) is 0 Å². The number of unbranched alkanes of at least 4 members (excludes halogenated alkanes) is 1. The molecule has 0 amide bonds. The molecule has 1 fully saturated rings. The minimum Gasteiger partial charge on any atom is -0.490 e. The van der Waals surface area contributed by atoms with Gasteiger partial charge in [-0.05, 0) is 79.7 Å². The first-order valence-electron chi connectivity index (χ1n) is 12.9. The molecule has 0 radical (unpaired) electrons. The summed E-state index contributed by atoms with van der Waals surface area (Å²) in [5, 5.41) is 0. The highest BCUT2D eigenvalue weighted by Gasteiger charge is 2.29. The maximum atomic E-state index is 15.0. The van der Waals surface area contributed by atoms with E-state index in [0.29, 0.717) is 37.7 Å². The van der Waals surface area contributed by atoms with E-state index in [1.807, 2.05) is 6.92 Å².